The summed E-state index contributed by atoms with van der Waals surface area (Å²) < 4.78 is 7.78. The maximum atomic E-state index is 10.9. The van der Waals surface area contributed by atoms with Gasteiger partial charge in [0.2, 0.25) is 5.91 Å². The lowest BCUT2D eigenvalue weighted by Gasteiger charge is -2.34. The van der Waals surface area contributed by atoms with Gasteiger partial charge in [-0.05, 0) is 13.5 Å². The minimum absolute atomic E-state index is 0.115. The molecule has 1 aliphatic heterocycles. The maximum Gasteiger partial charge on any atom is 0.231 e. The molecule has 0 radical (unpaired) electrons. The smallest absolute Gasteiger partial charge is 0.231 e. The first-order chi connectivity index (χ1) is 10.6. The fourth-order valence-corrected chi connectivity index (χ4v) is 2.81. The zero-order valence-electron chi connectivity index (χ0n) is 13.6. The molecule has 1 aromatic heterocycles. The average Bonchev–Trinajstić information content (AvgIpc) is 2.86. The predicted octanol–water partition coefficient (Wildman–Crippen LogP) is -0.0890. The number of aromatic nitrogens is 2. The molecule has 2 heterocycles. The van der Waals surface area contributed by atoms with Gasteiger partial charge in [-0.15, -0.1) is 0 Å². The number of nitrogens with zero attached hydrogens (tertiary/aromatic N) is 4. The van der Waals surface area contributed by atoms with Crippen LogP contribution in [-0.4, -0.2) is 71.4 Å². The molecular formula is C15H27N5O2. The SMILES string of the molecule is CCCn1cc(CN2CCO[C@@H](CN(C)CC(N)=O)C2)cn1. The second kappa shape index (κ2) is 8.26. The fraction of sp³-hybridized carbons (Fsp3) is 0.733. The van der Waals surface area contributed by atoms with Gasteiger partial charge in [0.25, 0.3) is 0 Å². The zero-order valence-corrected chi connectivity index (χ0v) is 13.6. The molecule has 124 valence electrons. The van der Waals surface area contributed by atoms with Gasteiger partial charge >= 0.3 is 0 Å². The first-order valence-electron chi connectivity index (χ1n) is 7.89. The number of morpholine rings is 1. The molecule has 0 aromatic carbocycles. The Labute approximate surface area is 132 Å². The van der Waals surface area contributed by atoms with Gasteiger partial charge in [0.15, 0.2) is 0 Å². The summed E-state index contributed by atoms with van der Waals surface area (Å²) in [7, 11) is 1.89. The number of hydrogen-bond acceptors (Lipinski definition) is 5. The maximum absolute atomic E-state index is 10.9. The average molecular weight is 309 g/mol. The minimum Gasteiger partial charge on any atom is -0.374 e. The summed E-state index contributed by atoms with van der Waals surface area (Å²) in [6.07, 6.45) is 5.27. The van der Waals surface area contributed by atoms with Crippen LogP contribution in [0.2, 0.25) is 0 Å². The van der Waals surface area contributed by atoms with Crippen molar-refractivity contribution >= 4 is 5.91 Å². The van der Waals surface area contributed by atoms with Crippen LogP contribution < -0.4 is 5.73 Å². The summed E-state index contributed by atoms with van der Waals surface area (Å²) in [6.45, 7) is 7.50. The van der Waals surface area contributed by atoms with Crippen molar-refractivity contribution in [2.45, 2.75) is 32.5 Å². The molecule has 1 aromatic rings. The predicted molar refractivity (Wildman–Crippen MR) is 84.2 cm³/mol. The number of nitrogens with two attached hydrogens (primary N) is 1. The lowest BCUT2D eigenvalue weighted by Crippen LogP contribution is -2.47. The van der Waals surface area contributed by atoms with Gasteiger partial charge in [0.05, 0.1) is 25.5 Å². The first kappa shape index (κ1) is 16.9. The van der Waals surface area contributed by atoms with Crippen LogP contribution >= 0.6 is 0 Å². The molecule has 1 fully saturated rings. The molecule has 1 aliphatic rings. The molecule has 2 rings (SSSR count). The quantitative estimate of drug-likeness (QED) is 0.726. The fourth-order valence-electron chi connectivity index (χ4n) is 2.81. The van der Waals surface area contributed by atoms with Gasteiger partial charge in [0, 0.05) is 44.5 Å². The van der Waals surface area contributed by atoms with Crippen LogP contribution in [0.4, 0.5) is 0 Å². The molecule has 0 saturated carbocycles. The molecule has 0 unspecified atom stereocenters. The molecule has 22 heavy (non-hydrogen) atoms. The van der Waals surface area contributed by atoms with Gasteiger partial charge in [-0.2, -0.15) is 5.10 Å². The highest BCUT2D eigenvalue weighted by Gasteiger charge is 2.22. The van der Waals surface area contributed by atoms with Crippen molar-refractivity contribution in [2.24, 2.45) is 5.73 Å². The normalized spacial score (nSPS) is 19.7. The van der Waals surface area contributed by atoms with E-state index in [-0.39, 0.29) is 18.6 Å². The summed E-state index contributed by atoms with van der Waals surface area (Å²) in [5, 5.41) is 4.37. The van der Waals surface area contributed by atoms with Gasteiger partial charge in [-0.3, -0.25) is 19.3 Å². The molecule has 0 aliphatic carbocycles. The summed E-state index contributed by atoms with van der Waals surface area (Å²) in [5.41, 5.74) is 6.45. The summed E-state index contributed by atoms with van der Waals surface area (Å²) in [5.74, 6) is -0.307. The monoisotopic (exact) mass is 309 g/mol. The topological polar surface area (TPSA) is 76.6 Å². The summed E-state index contributed by atoms with van der Waals surface area (Å²) in [6, 6.07) is 0. The Kier molecular flexibility index (Phi) is 6.35. The molecule has 1 amide bonds. The van der Waals surface area contributed by atoms with Crippen LogP contribution in [0.1, 0.15) is 18.9 Å². The number of ether oxygens (including phenoxy) is 1. The van der Waals surface area contributed by atoms with Crippen LogP contribution in [0.15, 0.2) is 12.4 Å². The van der Waals surface area contributed by atoms with Crippen molar-refractivity contribution in [2.75, 3.05) is 39.8 Å². The van der Waals surface area contributed by atoms with Crippen LogP contribution in [-0.2, 0) is 22.6 Å². The third-order valence-electron chi connectivity index (χ3n) is 3.71. The van der Waals surface area contributed by atoms with E-state index < -0.39 is 0 Å². The third-order valence-corrected chi connectivity index (χ3v) is 3.71. The first-order valence-corrected chi connectivity index (χ1v) is 7.89. The number of amides is 1. The van der Waals surface area contributed by atoms with Crippen molar-refractivity contribution in [3.63, 3.8) is 0 Å². The number of rotatable bonds is 8. The van der Waals surface area contributed by atoms with E-state index in [9.17, 15) is 4.79 Å². The lowest BCUT2D eigenvalue weighted by atomic mass is 10.2. The second-order valence-corrected chi connectivity index (χ2v) is 6.00. The highest BCUT2D eigenvalue weighted by Crippen LogP contribution is 2.11. The number of aryl methyl sites for hydroxylation is 1. The standard InChI is InChI=1S/C15H27N5O2/c1-3-4-20-9-13(7-17-20)8-19-5-6-22-14(11-19)10-18(2)12-15(16)21/h7,9,14H,3-6,8,10-12H2,1-2H3,(H2,16,21)/t14-/m0/s1. The van der Waals surface area contributed by atoms with E-state index in [0.29, 0.717) is 6.54 Å². The Morgan fingerprint density at radius 3 is 3.14 bits per heavy atom. The van der Waals surface area contributed by atoms with Gasteiger partial charge in [-0.25, -0.2) is 0 Å². The highest BCUT2D eigenvalue weighted by molar-refractivity contribution is 5.75. The van der Waals surface area contributed by atoms with E-state index in [1.54, 1.807) is 0 Å². The lowest BCUT2D eigenvalue weighted by molar-refractivity contribution is -0.119. The van der Waals surface area contributed by atoms with Gasteiger partial charge in [-0.1, -0.05) is 6.92 Å². The summed E-state index contributed by atoms with van der Waals surface area (Å²) in [4.78, 5) is 15.2. The second-order valence-electron chi connectivity index (χ2n) is 6.00. The van der Waals surface area contributed by atoms with E-state index in [1.807, 2.05) is 22.8 Å². The van der Waals surface area contributed by atoms with E-state index in [1.165, 1.54) is 5.56 Å². The third kappa shape index (κ3) is 5.40. The molecule has 2 N–H and O–H groups in total. The van der Waals surface area contributed by atoms with Crippen LogP contribution in [0.3, 0.4) is 0 Å². The van der Waals surface area contributed by atoms with Crippen LogP contribution in [0.25, 0.3) is 0 Å². The Morgan fingerprint density at radius 1 is 1.59 bits per heavy atom. The Morgan fingerprint density at radius 2 is 2.41 bits per heavy atom. The van der Waals surface area contributed by atoms with E-state index >= 15 is 0 Å². The Hall–Kier alpha value is -1.44. The van der Waals surface area contributed by atoms with Crippen LogP contribution in [0, 0.1) is 0 Å². The van der Waals surface area contributed by atoms with Gasteiger partial charge in [0.1, 0.15) is 0 Å². The van der Waals surface area contributed by atoms with Crippen LogP contribution in [0.5, 0.6) is 0 Å². The highest BCUT2D eigenvalue weighted by atomic mass is 16.5. The van der Waals surface area contributed by atoms with Crippen molar-refractivity contribution in [1.82, 2.24) is 19.6 Å². The number of carbonyl (C=O) groups is 1. The molecule has 0 spiro atoms. The van der Waals surface area contributed by atoms with E-state index in [2.05, 4.69) is 23.1 Å². The zero-order chi connectivity index (χ0) is 15.9. The number of likely N-dealkylation sites (N-methyl/N-ethyl adjacent to an activating group) is 1. The molecular weight excluding hydrogens is 282 g/mol. The number of hydrogen-bond donors (Lipinski definition) is 1. The Bertz CT molecular complexity index is 476. The van der Waals surface area contributed by atoms with E-state index in [4.69, 9.17) is 10.5 Å². The van der Waals surface area contributed by atoms with Crippen molar-refractivity contribution in [3.8, 4) is 0 Å². The van der Waals surface area contributed by atoms with Crippen molar-refractivity contribution in [1.29, 1.82) is 0 Å². The minimum atomic E-state index is -0.307. The molecule has 7 nitrogen and oxygen atoms in total. The van der Waals surface area contributed by atoms with Crippen molar-refractivity contribution < 1.29 is 9.53 Å². The number of carbonyl (C=O) groups excluding carboxylic acids is 1. The largest absolute Gasteiger partial charge is 0.374 e. The molecule has 1 atom stereocenters. The van der Waals surface area contributed by atoms with Crippen molar-refractivity contribution in [3.05, 3.63) is 18.0 Å². The van der Waals surface area contributed by atoms with E-state index in [0.717, 1.165) is 39.2 Å². The number of primary amides is 1. The summed E-state index contributed by atoms with van der Waals surface area (Å²) >= 11 is 0. The van der Waals surface area contributed by atoms with Gasteiger partial charge < -0.3 is 10.5 Å². The molecule has 0 bridgehead atoms. The molecule has 7 heteroatoms. The molecule has 1 saturated heterocycles. The Balaban J connectivity index is 1.80.